The fourth-order valence-electron chi connectivity index (χ4n) is 6.78. The molecule has 0 saturated heterocycles. The fraction of sp³-hybridized carbons (Fsp3) is 0.0513. The first-order chi connectivity index (χ1) is 21.7. The molecule has 1 aliphatic carbocycles. The second kappa shape index (κ2) is 10.2. The Hall–Kier alpha value is -4.77. The van der Waals surface area contributed by atoms with Crippen molar-refractivity contribution in [3.63, 3.8) is 0 Å². The summed E-state index contributed by atoms with van der Waals surface area (Å²) in [6.07, 6.45) is 0. The monoisotopic (exact) mass is 601 g/mol. The van der Waals surface area contributed by atoms with E-state index in [9.17, 15) is 0 Å². The molecule has 0 spiro atoms. The van der Waals surface area contributed by atoms with Gasteiger partial charge < -0.3 is 0 Å². The van der Waals surface area contributed by atoms with E-state index in [-0.39, 0.29) is 11.2 Å². The fourth-order valence-corrected chi connectivity index (χ4v) is 8.80. The van der Waals surface area contributed by atoms with Crippen LogP contribution in [0.3, 0.4) is 0 Å². The Morgan fingerprint density at radius 1 is 0.477 bits per heavy atom. The number of hydrogen-bond acceptors (Lipinski definition) is 4. The third-order valence-electron chi connectivity index (χ3n) is 8.78. The van der Waals surface area contributed by atoms with Gasteiger partial charge in [0.05, 0.1) is 0 Å². The Kier molecular flexibility index (Phi) is 5.93. The molecular formula is C39H24ClN3S. The van der Waals surface area contributed by atoms with Crippen LogP contribution in [0.4, 0.5) is 0 Å². The van der Waals surface area contributed by atoms with Crippen molar-refractivity contribution in [3.05, 3.63) is 161 Å². The van der Waals surface area contributed by atoms with Crippen LogP contribution in [0.5, 0.6) is 0 Å². The highest BCUT2D eigenvalue weighted by Crippen LogP contribution is 2.62. The minimum atomic E-state index is 0.0292. The van der Waals surface area contributed by atoms with Gasteiger partial charge in [-0.3, -0.25) is 0 Å². The van der Waals surface area contributed by atoms with E-state index in [1.165, 1.54) is 16.0 Å². The van der Waals surface area contributed by atoms with E-state index in [1.807, 2.05) is 11.8 Å². The number of nitrogens with zero attached hydrogens (tertiary/aromatic N) is 3. The van der Waals surface area contributed by atoms with E-state index in [2.05, 4.69) is 133 Å². The minimum absolute atomic E-state index is 0.0292. The molecule has 9 rings (SSSR count). The highest BCUT2D eigenvalue weighted by Gasteiger charge is 2.43. The zero-order valence-electron chi connectivity index (χ0n) is 23.5. The summed E-state index contributed by atoms with van der Waals surface area (Å²) >= 11 is 9.42. The van der Waals surface area contributed by atoms with Crippen molar-refractivity contribution in [2.45, 2.75) is 16.1 Å². The van der Waals surface area contributed by atoms with Crippen LogP contribution in [0.15, 0.2) is 143 Å². The average molecular weight is 602 g/mol. The van der Waals surface area contributed by atoms with Gasteiger partial charge in [-0.1, -0.05) is 139 Å². The predicted molar refractivity (Wildman–Crippen MR) is 182 cm³/mol. The number of rotatable bonds is 3. The molecule has 2 aliphatic rings. The predicted octanol–water partition coefficient (Wildman–Crippen LogP) is 10.5. The highest BCUT2D eigenvalue weighted by molar-refractivity contribution is 8.00. The first kappa shape index (κ1) is 25.7. The van der Waals surface area contributed by atoms with Gasteiger partial charge in [0.25, 0.3) is 0 Å². The van der Waals surface area contributed by atoms with Gasteiger partial charge in [-0.25, -0.2) is 15.0 Å². The maximum Gasteiger partial charge on any atom is 0.165 e. The Bertz CT molecular complexity index is 2200. The molecule has 44 heavy (non-hydrogen) atoms. The molecule has 0 amide bonds. The SMILES string of the molecule is ClC1=C(c2nc(-c3cccc4ccccc34)nc(-c3cccc4ccccc34)n2)c2ccccc2C2Sc3ccccc3C12. The van der Waals surface area contributed by atoms with Gasteiger partial charge in [-0.15, -0.1) is 11.8 Å². The lowest BCUT2D eigenvalue weighted by Crippen LogP contribution is -2.16. The summed E-state index contributed by atoms with van der Waals surface area (Å²) in [4.78, 5) is 16.9. The zero-order chi connectivity index (χ0) is 29.2. The molecule has 0 N–H and O–H groups in total. The summed E-state index contributed by atoms with van der Waals surface area (Å²) in [6, 6.07) is 46.5. The van der Waals surface area contributed by atoms with Crippen LogP contribution in [0.25, 0.3) is 49.9 Å². The Morgan fingerprint density at radius 3 is 1.66 bits per heavy atom. The zero-order valence-corrected chi connectivity index (χ0v) is 25.1. The topological polar surface area (TPSA) is 38.7 Å². The van der Waals surface area contributed by atoms with E-state index < -0.39 is 0 Å². The van der Waals surface area contributed by atoms with Crippen molar-refractivity contribution in [1.29, 1.82) is 0 Å². The van der Waals surface area contributed by atoms with Crippen molar-refractivity contribution >= 4 is 50.5 Å². The maximum absolute atomic E-state index is 7.53. The Labute approximate surface area is 264 Å². The lowest BCUT2D eigenvalue weighted by atomic mass is 9.80. The van der Waals surface area contributed by atoms with Crippen molar-refractivity contribution in [2.24, 2.45) is 0 Å². The second-order valence-corrected chi connectivity index (χ2v) is 12.8. The Morgan fingerprint density at radius 2 is 0.977 bits per heavy atom. The lowest BCUT2D eigenvalue weighted by molar-refractivity contribution is 0.797. The van der Waals surface area contributed by atoms with Crippen molar-refractivity contribution in [3.8, 4) is 22.8 Å². The van der Waals surface area contributed by atoms with Crippen LogP contribution < -0.4 is 0 Å². The number of thioether (sulfide) groups is 1. The van der Waals surface area contributed by atoms with E-state index in [0.717, 1.165) is 48.8 Å². The number of hydrogen-bond donors (Lipinski definition) is 0. The number of fused-ring (bicyclic) bond motifs is 7. The van der Waals surface area contributed by atoms with Gasteiger partial charge in [0.1, 0.15) is 0 Å². The molecular weight excluding hydrogens is 578 g/mol. The maximum atomic E-state index is 7.53. The van der Waals surface area contributed by atoms with Gasteiger partial charge in [0.15, 0.2) is 17.5 Å². The summed E-state index contributed by atoms with van der Waals surface area (Å²) < 4.78 is 0. The molecule has 2 atom stereocenters. The van der Waals surface area contributed by atoms with Gasteiger partial charge >= 0.3 is 0 Å². The molecule has 7 aromatic rings. The molecule has 0 radical (unpaired) electrons. The van der Waals surface area contributed by atoms with E-state index in [4.69, 9.17) is 26.6 Å². The molecule has 0 fully saturated rings. The molecule has 1 aromatic heterocycles. The second-order valence-electron chi connectivity index (χ2n) is 11.2. The smallest absolute Gasteiger partial charge is 0.165 e. The summed E-state index contributed by atoms with van der Waals surface area (Å²) in [6.45, 7) is 0. The Balaban J connectivity index is 1.35. The average Bonchev–Trinajstić information content (AvgIpc) is 3.48. The van der Waals surface area contributed by atoms with Crippen LogP contribution in [0.1, 0.15) is 33.7 Å². The third-order valence-corrected chi connectivity index (χ3v) is 10.6. The largest absolute Gasteiger partial charge is 0.208 e. The first-order valence-corrected chi connectivity index (χ1v) is 16.0. The first-order valence-electron chi connectivity index (χ1n) is 14.7. The minimum Gasteiger partial charge on any atom is -0.208 e. The van der Waals surface area contributed by atoms with Crippen LogP contribution in [-0.2, 0) is 0 Å². The molecule has 1 aliphatic heterocycles. The van der Waals surface area contributed by atoms with E-state index in [1.54, 1.807) is 0 Å². The lowest BCUT2D eigenvalue weighted by Gasteiger charge is -2.30. The van der Waals surface area contributed by atoms with Gasteiger partial charge in [-0.2, -0.15) is 0 Å². The molecule has 0 bridgehead atoms. The van der Waals surface area contributed by atoms with Gasteiger partial charge in [0, 0.05) is 37.8 Å². The summed E-state index contributed by atoms with van der Waals surface area (Å²) in [5.74, 6) is 1.89. The summed E-state index contributed by atoms with van der Waals surface area (Å²) in [7, 11) is 0. The van der Waals surface area contributed by atoms with Crippen LogP contribution in [0, 0.1) is 0 Å². The number of benzene rings is 6. The highest BCUT2D eigenvalue weighted by atomic mass is 35.5. The molecule has 208 valence electrons. The van der Waals surface area contributed by atoms with Crippen LogP contribution in [-0.4, -0.2) is 15.0 Å². The van der Waals surface area contributed by atoms with E-state index >= 15 is 0 Å². The normalized spacial score (nSPS) is 17.0. The molecule has 2 heterocycles. The third kappa shape index (κ3) is 3.95. The standard InChI is InChI=1S/C39H24ClN3S/c40-35-33-31-19-7-8-22-32(31)44-36(33)28-18-6-5-17-27(28)34(35)39-42-37(29-20-9-13-23-11-1-3-15-25(23)29)41-38(43-39)30-21-10-14-24-12-2-4-16-26(24)30/h1-22,33,36H. The quantitative estimate of drug-likeness (QED) is 0.202. The number of allylic oxidation sites excluding steroid dienone is 1. The number of aromatic nitrogens is 3. The molecule has 0 saturated carbocycles. The molecule has 6 aromatic carbocycles. The summed E-state index contributed by atoms with van der Waals surface area (Å²) in [5, 5.41) is 5.47. The number of halogens is 1. The van der Waals surface area contributed by atoms with Crippen LogP contribution >= 0.6 is 23.4 Å². The van der Waals surface area contributed by atoms with E-state index in [0.29, 0.717) is 17.5 Å². The van der Waals surface area contributed by atoms with Gasteiger partial charge in [0.2, 0.25) is 0 Å². The van der Waals surface area contributed by atoms with Crippen LogP contribution in [0.2, 0.25) is 0 Å². The van der Waals surface area contributed by atoms with Crippen molar-refractivity contribution < 1.29 is 0 Å². The summed E-state index contributed by atoms with van der Waals surface area (Å²) in [5.41, 5.74) is 6.42. The molecule has 5 heteroatoms. The molecule has 2 unspecified atom stereocenters. The van der Waals surface area contributed by atoms with Crippen molar-refractivity contribution in [1.82, 2.24) is 15.0 Å². The van der Waals surface area contributed by atoms with Crippen molar-refractivity contribution in [2.75, 3.05) is 0 Å². The van der Waals surface area contributed by atoms with Gasteiger partial charge in [-0.05, 0) is 44.3 Å². The molecule has 3 nitrogen and oxygen atoms in total.